The molecule has 1 aromatic heterocycles. The molecule has 1 atom stereocenters. The molecule has 2 aromatic carbocycles. The first-order valence-electron chi connectivity index (χ1n) is 8.97. The Kier molecular flexibility index (Phi) is 6.46. The van der Waals surface area contributed by atoms with Crippen molar-refractivity contribution in [3.8, 4) is 17.0 Å². The molecule has 0 aliphatic rings. The van der Waals surface area contributed by atoms with Crippen LogP contribution in [0.25, 0.3) is 11.3 Å². The molecule has 1 unspecified atom stereocenters. The monoisotopic (exact) mass is 411 g/mol. The first-order valence-corrected chi connectivity index (χ1v) is 9.85. The van der Waals surface area contributed by atoms with Crippen LogP contribution in [0.15, 0.2) is 53.9 Å². The quantitative estimate of drug-likeness (QED) is 0.450. The Labute approximate surface area is 172 Å². The van der Waals surface area contributed by atoms with Crippen molar-refractivity contribution in [1.82, 2.24) is 4.98 Å². The fourth-order valence-corrected chi connectivity index (χ4v) is 3.27. The fraction of sp³-hybridized carbons (Fsp3) is 0.190. The number of hydrogen-bond donors (Lipinski definition) is 2. The molecule has 150 valence electrons. The zero-order valence-corrected chi connectivity index (χ0v) is 16.9. The molecule has 3 N–H and O–H groups in total. The number of carbonyl (C=O) groups is 2. The number of ether oxygens (including phenoxy) is 2. The van der Waals surface area contributed by atoms with Crippen LogP contribution in [0, 0.1) is 0 Å². The number of aromatic nitrogens is 1. The van der Waals surface area contributed by atoms with E-state index in [0.717, 1.165) is 17.0 Å². The van der Waals surface area contributed by atoms with Gasteiger partial charge in [0.05, 0.1) is 18.4 Å². The number of hydrogen-bond acceptors (Lipinski definition) is 7. The summed E-state index contributed by atoms with van der Waals surface area (Å²) in [6, 6.07) is 13.8. The largest absolute Gasteiger partial charge is 0.497 e. The second kappa shape index (κ2) is 9.20. The van der Waals surface area contributed by atoms with Gasteiger partial charge in [-0.15, -0.1) is 11.3 Å². The zero-order chi connectivity index (χ0) is 20.8. The SMILES string of the molecule is CCC(OC(=O)c1ccc(N)cc1)C(=O)Nc1nc(-c2ccc(OC)cc2)cs1. The van der Waals surface area contributed by atoms with Crippen molar-refractivity contribution in [3.05, 3.63) is 59.5 Å². The van der Waals surface area contributed by atoms with Crippen molar-refractivity contribution in [2.24, 2.45) is 0 Å². The number of methoxy groups -OCH3 is 1. The Morgan fingerprint density at radius 1 is 1.14 bits per heavy atom. The van der Waals surface area contributed by atoms with Crippen molar-refractivity contribution in [1.29, 1.82) is 0 Å². The number of nitrogens with two attached hydrogens (primary N) is 1. The van der Waals surface area contributed by atoms with Gasteiger partial charge in [0.15, 0.2) is 11.2 Å². The first kappa shape index (κ1) is 20.3. The Hall–Kier alpha value is -3.39. The van der Waals surface area contributed by atoms with E-state index in [1.54, 1.807) is 38.3 Å². The van der Waals surface area contributed by atoms with Gasteiger partial charge >= 0.3 is 5.97 Å². The number of nitrogens with one attached hydrogen (secondary N) is 1. The average molecular weight is 411 g/mol. The van der Waals surface area contributed by atoms with Gasteiger partial charge in [-0.25, -0.2) is 9.78 Å². The van der Waals surface area contributed by atoms with E-state index in [0.29, 0.717) is 22.8 Å². The highest BCUT2D eigenvalue weighted by atomic mass is 32.1. The standard InChI is InChI=1S/C21H21N3O4S/c1-3-18(28-20(26)14-4-8-15(22)9-5-14)19(25)24-21-23-17(12-29-21)13-6-10-16(27-2)11-7-13/h4-12,18H,3,22H2,1-2H3,(H,23,24,25). The summed E-state index contributed by atoms with van der Waals surface area (Å²) in [4.78, 5) is 29.2. The third-order valence-electron chi connectivity index (χ3n) is 4.18. The molecule has 7 nitrogen and oxygen atoms in total. The highest BCUT2D eigenvalue weighted by Gasteiger charge is 2.23. The Morgan fingerprint density at radius 2 is 1.83 bits per heavy atom. The minimum absolute atomic E-state index is 0.335. The molecule has 0 spiro atoms. The molecule has 0 aliphatic heterocycles. The molecule has 1 heterocycles. The molecule has 29 heavy (non-hydrogen) atoms. The summed E-state index contributed by atoms with van der Waals surface area (Å²) in [6.45, 7) is 1.77. The van der Waals surface area contributed by atoms with Crippen molar-refractivity contribution >= 4 is 34.0 Å². The van der Waals surface area contributed by atoms with Crippen molar-refractivity contribution in [2.75, 3.05) is 18.2 Å². The second-order valence-electron chi connectivity index (χ2n) is 6.18. The minimum atomic E-state index is -0.923. The maximum absolute atomic E-state index is 12.5. The van der Waals surface area contributed by atoms with Gasteiger partial charge in [-0.05, 0) is 55.0 Å². The average Bonchev–Trinajstić information content (AvgIpc) is 3.20. The molecule has 0 saturated heterocycles. The molecule has 3 rings (SSSR count). The molecular formula is C21H21N3O4S. The normalized spacial score (nSPS) is 11.5. The number of thiazole rings is 1. The van der Waals surface area contributed by atoms with Gasteiger partial charge in [0, 0.05) is 16.6 Å². The van der Waals surface area contributed by atoms with E-state index in [4.69, 9.17) is 15.2 Å². The van der Waals surface area contributed by atoms with Crippen LogP contribution in [0.1, 0.15) is 23.7 Å². The predicted octanol–water partition coefficient (Wildman–Crippen LogP) is 3.98. The summed E-state index contributed by atoms with van der Waals surface area (Å²) >= 11 is 1.30. The van der Waals surface area contributed by atoms with Gasteiger partial charge in [-0.3, -0.25) is 10.1 Å². The van der Waals surface area contributed by atoms with Crippen LogP contribution in [0.4, 0.5) is 10.8 Å². The van der Waals surface area contributed by atoms with Crippen LogP contribution in [-0.4, -0.2) is 30.1 Å². The molecule has 0 fully saturated rings. The lowest BCUT2D eigenvalue weighted by atomic mass is 10.2. The number of esters is 1. The van der Waals surface area contributed by atoms with E-state index >= 15 is 0 Å². The fourth-order valence-electron chi connectivity index (χ4n) is 2.55. The lowest BCUT2D eigenvalue weighted by Gasteiger charge is -2.15. The van der Waals surface area contributed by atoms with E-state index in [1.165, 1.54) is 11.3 Å². The lowest BCUT2D eigenvalue weighted by Crippen LogP contribution is -2.32. The smallest absolute Gasteiger partial charge is 0.338 e. The van der Waals surface area contributed by atoms with E-state index in [-0.39, 0.29) is 0 Å². The van der Waals surface area contributed by atoms with E-state index < -0.39 is 18.0 Å². The highest BCUT2D eigenvalue weighted by molar-refractivity contribution is 7.14. The first-order chi connectivity index (χ1) is 14.0. The third-order valence-corrected chi connectivity index (χ3v) is 4.94. The van der Waals surface area contributed by atoms with Gasteiger partial charge in [0.1, 0.15) is 5.75 Å². The van der Waals surface area contributed by atoms with Crippen LogP contribution >= 0.6 is 11.3 Å². The van der Waals surface area contributed by atoms with Crippen LogP contribution in [0.2, 0.25) is 0 Å². The summed E-state index contributed by atoms with van der Waals surface area (Å²) in [5.41, 5.74) is 8.14. The van der Waals surface area contributed by atoms with E-state index in [1.807, 2.05) is 29.6 Å². The van der Waals surface area contributed by atoms with Gasteiger partial charge in [-0.2, -0.15) is 0 Å². The summed E-state index contributed by atoms with van der Waals surface area (Å²) in [6.07, 6.45) is -0.586. The number of benzene rings is 2. The second-order valence-corrected chi connectivity index (χ2v) is 7.04. The van der Waals surface area contributed by atoms with E-state index in [2.05, 4.69) is 10.3 Å². The number of nitrogens with zero attached hydrogens (tertiary/aromatic N) is 1. The zero-order valence-electron chi connectivity index (χ0n) is 16.0. The molecule has 8 heteroatoms. The predicted molar refractivity (Wildman–Crippen MR) is 113 cm³/mol. The minimum Gasteiger partial charge on any atom is -0.497 e. The molecule has 0 radical (unpaired) electrons. The third kappa shape index (κ3) is 5.11. The molecule has 0 saturated carbocycles. The Balaban J connectivity index is 1.64. The number of carbonyl (C=O) groups excluding carboxylic acids is 2. The molecule has 3 aromatic rings. The number of anilines is 2. The van der Waals surface area contributed by atoms with Crippen LogP contribution in [0.5, 0.6) is 5.75 Å². The molecule has 0 bridgehead atoms. The molecule has 0 aliphatic carbocycles. The van der Waals surface area contributed by atoms with Crippen LogP contribution in [0.3, 0.4) is 0 Å². The van der Waals surface area contributed by atoms with E-state index in [9.17, 15) is 9.59 Å². The van der Waals surface area contributed by atoms with Crippen molar-refractivity contribution in [2.45, 2.75) is 19.4 Å². The number of rotatable bonds is 7. The summed E-state index contributed by atoms with van der Waals surface area (Å²) < 4.78 is 10.5. The summed E-state index contributed by atoms with van der Waals surface area (Å²) in [5, 5.41) is 5.00. The Morgan fingerprint density at radius 3 is 2.45 bits per heavy atom. The van der Waals surface area contributed by atoms with Gasteiger partial charge < -0.3 is 15.2 Å². The van der Waals surface area contributed by atoms with Gasteiger partial charge in [0.2, 0.25) is 0 Å². The van der Waals surface area contributed by atoms with Crippen LogP contribution in [-0.2, 0) is 9.53 Å². The summed E-state index contributed by atoms with van der Waals surface area (Å²) in [7, 11) is 1.61. The van der Waals surface area contributed by atoms with Crippen LogP contribution < -0.4 is 15.8 Å². The summed E-state index contributed by atoms with van der Waals surface area (Å²) in [5.74, 6) is -0.247. The lowest BCUT2D eigenvalue weighted by molar-refractivity contribution is -0.124. The molecular weight excluding hydrogens is 390 g/mol. The van der Waals surface area contributed by atoms with Gasteiger partial charge in [0.25, 0.3) is 5.91 Å². The Bertz CT molecular complexity index is 984. The van der Waals surface area contributed by atoms with Crippen molar-refractivity contribution in [3.63, 3.8) is 0 Å². The van der Waals surface area contributed by atoms with Gasteiger partial charge in [-0.1, -0.05) is 6.92 Å². The maximum atomic E-state index is 12.5. The maximum Gasteiger partial charge on any atom is 0.338 e. The number of nitrogen functional groups attached to an aromatic ring is 1. The highest BCUT2D eigenvalue weighted by Crippen LogP contribution is 2.26. The topological polar surface area (TPSA) is 104 Å². The molecule has 1 amide bonds. The van der Waals surface area contributed by atoms with Crippen molar-refractivity contribution < 1.29 is 19.1 Å². The number of amides is 1.